The molecule has 149 valence electrons. The standard InChI is InChI=1S/C20H29N2O5/c1-2-3-10-14-19(21(24)25)16-13-17-20(22(26)27)15-11-8-6-4-5-7-9-12-18-23/h4-5,8,11,16-17H,2-3,6-7,9-10,12-15H2,1H3/b5-4+,11-8+,19-16-,20-17-. The maximum absolute atomic E-state index is 11.1. The maximum Gasteiger partial charge on any atom is 0.246 e. The Morgan fingerprint density at radius 1 is 0.889 bits per heavy atom. The lowest BCUT2D eigenvalue weighted by Crippen LogP contribution is -2.00. The third kappa shape index (κ3) is 14.3. The van der Waals surface area contributed by atoms with E-state index in [-0.39, 0.29) is 24.2 Å². The molecule has 0 unspecified atom stereocenters. The summed E-state index contributed by atoms with van der Waals surface area (Å²) >= 11 is 0. The van der Waals surface area contributed by atoms with Crippen molar-refractivity contribution >= 4 is 6.29 Å². The quantitative estimate of drug-likeness (QED) is 0.154. The van der Waals surface area contributed by atoms with Crippen molar-refractivity contribution in [3.05, 3.63) is 68.1 Å². The molecule has 0 aliphatic rings. The first kappa shape index (κ1) is 24.4. The van der Waals surface area contributed by atoms with Gasteiger partial charge in [-0.25, -0.2) is 0 Å². The first-order valence-corrected chi connectivity index (χ1v) is 9.34. The molecular weight excluding hydrogens is 348 g/mol. The van der Waals surface area contributed by atoms with Crippen LogP contribution in [-0.4, -0.2) is 16.1 Å². The van der Waals surface area contributed by atoms with Crippen molar-refractivity contribution in [3.8, 4) is 0 Å². The highest BCUT2D eigenvalue weighted by Gasteiger charge is 2.11. The summed E-state index contributed by atoms with van der Waals surface area (Å²) < 4.78 is 0. The van der Waals surface area contributed by atoms with Gasteiger partial charge in [0.1, 0.15) is 0 Å². The van der Waals surface area contributed by atoms with E-state index in [0.717, 1.165) is 32.1 Å². The fourth-order valence-corrected chi connectivity index (χ4v) is 2.27. The van der Waals surface area contributed by atoms with Crippen molar-refractivity contribution < 1.29 is 14.6 Å². The zero-order chi connectivity index (χ0) is 20.3. The number of carbonyl (C=O) groups excluding carboxylic acids is 1. The molecule has 0 rings (SSSR count). The van der Waals surface area contributed by atoms with E-state index in [2.05, 4.69) is 0 Å². The molecule has 0 saturated carbocycles. The van der Waals surface area contributed by atoms with Crippen LogP contribution >= 0.6 is 0 Å². The van der Waals surface area contributed by atoms with Crippen molar-refractivity contribution in [1.29, 1.82) is 0 Å². The van der Waals surface area contributed by atoms with Crippen molar-refractivity contribution in [1.82, 2.24) is 0 Å². The number of hydrogen-bond donors (Lipinski definition) is 0. The normalized spacial score (nSPS) is 12.8. The van der Waals surface area contributed by atoms with E-state index in [9.17, 15) is 25.0 Å². The number of hydrogen-bond acceptors (Lipinski definition) is 5. The van der Waals surface area contributed by atoms with Crippen molar-refractivity contribution in [3.63, 3.8) is 0 Å². The van der Waals surface area contributed by atoms with Crippen molar-refractivity contribution in [2.24, 2.45) is 0 Å². The number of nitrogens with zero attached hydrogens (tertiary/aromatic N) is 2. The van der Waals surface area contributed by atoms with Crippen LogP contribution in [0, 0.1) is 20.2 Å². The molecule has 0 fully saturated rings. The lowest BCUT2D eigenvalue weighted by atomic mass is 10.1. The lowest BCUT2D eigenvalue weighted by molar-refractivity contribution is -0.428. The molecular formula is C20H29N2O5. The average Bonchev–Trinajstić information content (AvgIpc) is 2.63. The Kier molecular flexibility index (Phi) is 15.3. The molecule has 1 radical (unpaired) electrons. The van der Waals surface area contributed by atoms with Crippen LogP contribution in [0.25, 0.3) is 0 Å². The van der Waals surface area contributed by atoms with Crippen LogP contribution < -0.4 is 0 Å². The zero-order valence-electron chi connectivity index (χ0n) is 16.0. The second-order valence-corrected chi connectivity index (χ2v) is 6.02. The second-order valence-electron chi connectivity index (χ2n) is 6.02. The summed E-state index contributed by atoms with van der Waals surface area (Å²) in [6.07, 6.45) is 18.3. The lowest BCUT2D eigenvalue weighted by Gasteiger charge is -1.98. The predicted octanol–water partition coefficient (Wildman–Crippen LogP) is 5.45. The van der Waals surface area contributed by atoms with Gasteiger partial charge in [-0.3, -0.25) is 25.0 Å². The fraction of sp³-hybridized carbons (Fsp3) is 0.550. The van der Waals surface area contributed by atoms with Gasteiger partial charge in [0, 0.05) is 12.8 Å². The fourth-order valence-electron chi connectivity index (χ4n) is 2.27. The van der Waals surface area contributed by atoms with Crippen molar-refractivity contribution in [2.45, 2.75) is 71.1 Å². The van der Waals surface area contributed by atoms with E-state index in [1.807, 2.05) is 31.4 Å². The molecule has 0 aliphatic heterocycles. The monoisotopic (exact) mass is 377 g/mol. The summed E-state index contributed by atoms with van der Waals surface area (Å²) in [7, 11) is 0. The van der Waals surface area contributed by atoms with Gasteiger partial charge in [0.25, 0.3) is 0 Å². The van der Waals surface area contributed by atoms with Gasteiger partial charge in [-0.2, -0.15) is 0 Å². The van der Waals surface area contributed by atoms with Crippen LogP contribution in [0.2, 0.25) is 0 Å². The molecule has 0 aromatic rings. The number of unbranched alkanes of at least 4 members (excludes halogenated alkanes) is 4. The van der Waals surface area contributed by atoms with Gasteiger partial charge in [0.15, 0.2) is 6.29 Å². The van der Waals surface area contributed by atoms with Crippen molar-refractivity contribution in [2.75, 3.05) is 0 Å². The van der Waals surface area contributed by atoms with Gasteiger partial charge in [-0.15, -0.1) is 0 Å². The summed E-state index contributed by atoms with van der Waals surface area (Å²) in [4.78, 5) is 31.3. The van der Waals surface area contributed by atoms with E-state index in [1.165, 1.54) is 12.2 Å². The van der Waals surface area contributed by atoms with Crippen LogP contribution in [0.5, 0.6) is 0 Å². The molecule has 0 saturated heterocycles. The van der Waals surface area contributed by atoms with Gasteiger partial charge in [-0.05, 0) is 44.3 Å². The first-order chi connectivity index (χ1) is 13.0. The molecule has 7 nitrogen and oxygen atoms in total. The Balaban J connectivity index is 4.49. The summed E-state index contributed by atoms with van der Waals surface area (Å²) in [5.74, 6) is 0. The minimum Gasteiger partial charge on any atom is -0.291 e. The first-order valence-electron chi connectivity index (χ1n) is 9.34. The molecule has 0 aromatic carbocycles. The molecule has 0 heterocycles. The Morgan fingerprint density at radius 2 is 1.56 bits per heavy atom. The smallest absolute Gasteiger partial charge is 0.246 e. The highest BCUT2D eigenvalue weighted by molar-refractivity contribution is 5.50. The van der Waals surface area contributed by atoms with E-state index in [4.69, 9.17) is 0 Å². The average molecular weight is 377 g/mol. The molecule has 0 bridgehead atoms. The van der Waals surface area contributed by atoms with Gasteiger partial charge < -0.3 is 0 Å². The third-order valence-electron chi connectivity index (χ3n) is 3.79. The van der Waals surface area contributed by atoms with Gasteiger partial charge in [0.05, 0.1) is 16.3 Å². The summed E-state index contributed by atoms with van der Waals surface area (Å²) in [5, 5.41) is 22.1. The maximum atomic E-state index is 11.1. The second kappa shape index (κ2) is 16.9. The van der Waals surface area contributed by atoms with E-state index in [1.54, 1.807) is 6.08 Å². The van der Waals surface area contributed by atoms with E-state index >= 15 is 0 Å². The van der Waals surface area contributed by atoms with Gasteiger partial charge >= 0.3 is 0 Å². The molecule has 7 heteroatoms. The number of rotatable bonds is 16. The van der Waals surface area contributed by atoms with E-state index < -0.39 is 9.85 Å². The summed E-state index contributed by atoms with van der Waals surface area (Å²) in [6, 6.07) is 0. The highest BCUT2D eigenvalue weighted by Crippen LogP contribution is 2.12. The number of allylic oxidation sites excluding steroid dienone is 7. The number of nitro groups is 2. The van der Waals surface area contributed by atoms with Gasteiger partial charge in [-0.1, -0.05) is 44.1 Å². The minimum absolute atomic E-state index is 0.0317. The van der Waals surface area contributed by atoms with Crippen LogP contribution in [0.4, 0.5) is 0 Å². The highest BCUT2D eigenvalue weighted by atomic mass is 16.6. The van der Waals surface area contributed by atoms with Crippen LogP contribution in [0.1, 0.15) is 71.1 Å². The molecule has 0 atom stereocenters. The molecule has 0 aliphatic carbocycles. The zero-order valence-corrected chi connectivity index (χ0v) is 16.0. The van der Waals surface area contributed by atoms with Crippen LogP contribution in [0.15, 0.2) is 47.9 Å². The molecule has 0 amide bonds. The van der Waals surface area contributed by atoms with Crippen LogP contribution in [-0.2, 0) is 4.79 Å². The Bertz CT molecular complexity index is 577. The van der Waals surface area contributed by atoms with Gasteiger partial charge in [0.2, 0.25) is 11.4 Å². The van der Waals surface area contributed by atoms with E-state index in [0.29, 0.717) is 19.3 Å². The molecule has 0 spiro atoms. The SMILES string of the molecule is CCCCC/C(=C/C/C=C(/C/C=C/C/C=C/CCC[C]=O)[N+](=O)[O-])[N+](=O)[O-]. The Morgan fingerprint density at radius 3 is 2.19 bits per heavy atom. The largest absolute Gasteiger partial charge is 0.291 e. The topological polar surface area (TPSA) is 103 Å². The Hall–Kier alpha value is -2.57. The third-order valence-corrected chi connectivity index (χ3v) is 3.79. The predicted molar refractivity (Wildman–Crippen MR) is 106 cm³/mol. The summed E-state index contributed by atoms with van der Waals surface area (Å²) in [6.45, 7) is 2.03. The van der Waals surface area contributed by atoms with Crippen LogP contribution in [0.3, 0.4) is 0 Å². The summed E-state index contributed by atoms with van der Waals surface area (Å²) in [5.41, 5.74) is 0.152. The Labute approximate surface area is 160 Å². The molecule has 0 aromatic heterocycles. The molecule has 27 heavy (non-hydrogen) atoms. The minimum atomic E-state index is -0.452. The molecule has 0 N–H and O–H groups in total.